The second-order valence-electron chi connectivity index (χ2n) is 5.85. The molecule has 0 fully saturated rings. The minimum atomic E-state index is -0.235. The summed E-state index contributed by atoms with van der Waals surface area (Å²) < 4.78 is 0. The zero-order chi connectivity index (χ0) is 18.4. The number of hydrogen-bond donors (Lipinski definition) is 2. The van der Waals surface area contributed by atoms with Crippen molar-refractivity contribution in [2.75, 3.05) is 5.75 Å². The van der Waals surface area contributed by atoms with Crippen LogP contribution in [-0.2, 0) is 11.3 Å². The zero-order valence-electron chi connectivity index (χ0n) is 14.4. The van der Waals surface area contributed by atoms with Crippen LogP contribution in [0.15, 0.2) is 70.6 Å². The highest BCUT2D eigenvalue weighted by molar-refractivity contribution is 7.99. The van der Waals surface area contributed by atoms with Crippen molar-refractivity contribution in [3.05, 3.63) is 82.1 Å². The fraction of sp³-hybridized carbons (Fsp3) is 0.150. The Kier molecular flexibility index (Phi) is 5.86. The lowest BCUT2D eigenvalue weighted by Crippen LogP contribution is -2.24. The van der Waals surface area contributed by atoms with E-state index in [-0.39, 0.29) is 17.2 Å². The predicted octanol–water partition coefficient (Wildman–Crippen LogP) is 3.15. The standard InChI is InChI=1S/C20H19N3O2S/c1-14-7-9-15(10-8-14)12-21-19(25)13-26-20-22-17(11-18(24)23-20)16-5-3-2-4-6-16/h2-11H,12-13H2,1H3,(H,21,25)(H,22,23,24). The van der Waals surface area contributed by atoms with E-state index in [1.807, 2.05) is 61.5 Å². The normalized spacial score (nSPS) is 10.5. The molecule has 5 nitrogen and oxygen atoms in total. The average Bonchev–Trinajstić information content (AvgIpc) is 2.66. The van der Waals surface area contributed by atoms with Crippen LogP contribution in [0.3, 0.4) is 0 Å². The number of thioether (sulfide) groups is 1. The van der Waals surface area contributed by atoms with Crippen LogP contribution < -0.4 is 10.9 Å². The summed E-state index contributed by atoms with van der Waals surface area (Å²) in [7, 11) is 0. The van der Waals surface area contributed by atoms with Gasteiger partial charge in [0.2, 0.25) is 5.91 Å². The molecule has 0 spiro atoms. The lowest BCUT2D eigenvalue weighted by atomic mass is 10.1. The number of benzene rings is 2. The van der Waals surface area contributed by atoms with Crippen molar-refractivity contribution in [3.8, 4) is 11.3 Å². The quantitative estimate of drug-likeness (QED) is 0.520. The first-order valence-electron chi connectivity index (χ1n) is 8.22. The van der Waals surface area contributed by atoms with Gasteiger partial charge in [-0.1, -0.05) is 71.9 Å². The number of aryl methyl sites for hydroxylation is 1. The van der Waals surface area contributed by atoms with Gasteiger partial charge in [-0.25, -0.2) is 4.98 Å². The molecule has 0 aliphatic carbocycles. The van der Waals surface area contributed by atoms with Crippen molar-refractivity contribution < 1.29 is 4.79 Å². The number of rotatable bonds is 6. The molecule has 1 aromatic heterocycles. The molecule has 0 atom stereocenters. The highest BCUT2D eigenvalue weighted by atomic mass is 32.2. The first kappa shape index (κ1) is 17.9. The number of aromatic amines is 1. The summed E-state index contributed by atoms with van der Waals surface area (Å²) in [6, 6.07) is 18.9. The van der Waals surface area contributed by atoms with Crippen LogP contribution >= 0.6 is 11.8 Å². The molecule has 2 N–H and O–H groups in total. The number of hydrogen-bond acceptors (Lipinski definition) is 4. The molecule has 3 rings (SSSR count). The zero-order valence-corrected chi connectivity index (χ0v) is 15.2. The Morgan fingerprint density at radius 2 is 1.85 bits per heavy atom. The third kappa shape index (κ3) is 5.07. The Hall–Kier alpha value is -2.86. The number of nitrogens with one attached hydrogen (secondary N) is 2. The van der Waals surface area contributed by atoms with Crippen molar-refractivity contribution >= 4 is 17.7 Å². The van der Waals surface area contributed by atoms with Crippen molar-refractivity contribution in [2.24, 2.45) is 0 Å². The fourth-order valence-electron chi connectivity index (χ4n) is 2.35. The smallest absolute Gasteiger partial charge is 0.252 e. The van der Waals surface area contributed by atoms with E-state index in [0.29, 0.717) is 17.4 Å². The minimum Gasteiger partial charge on any atom is -0.351 e. The summed E-state index contributed by atoms with van der Waals surface area (Å²) in [4.78, 5) is 31.0. The van der Waals surface area contributed by atoms with Crippen molar-refractivity contribution in [2.45, 2.75) is 18.6 Å². The van der Waals surface area contributed by atoms with E-state index < -0.39 is 0 Å². The molecule has 3 aromatic rings. The van der Waals surface area contributed by atoms with Crippen LogP contribution in [0.5, 0.6) is 0 Å². The summed E-state index contributed by atoms with van der Waals surface area (Å²) in [5.74, 6) is 0.0795. The van der Waals surface area contributed by atoms with Gasteiger partial charge in [-0.05, 0) is 12.5 Å². The molecule has 1 heterocycles. The molecule has 0 bridgehead atoms. The van der Waals surface area contributed by atoms with Gasteiger partial charge in [-0.2, -0.15) is 0 Å². The van der Waals surface area contributed by atoms with Crippen molar-refractivity contribution in [1.82, 2.24) is 15.3 Å². The van der Waals surface area contributed by atoms with Crippen LogP contribution in [0.2, 0.25) is 0 Å². The molecule has 0 saturated carbocycles. The number of amides is 1. The van der Waals surface area contributed by atoms with E-state index in [0.717, 1.165) is 11.1 Å². The Balaban J connectivity index is 1.59. The van der Waals surface area contributed by atoms with Crippen LogP contribution in [0, 0.1) is 6.92 Å². The fourth-order valence-corrected chi connectivity index (χ4v) is 3.06. The Labute approximate surface area is 155 Å². The van der Waals surface area contributed by atoms with Crippen LogP contribution in [-0.4, -0.2) is 21.6 Å². The molecule has 1 amide bonds. The summed E-state index contributed by atoms with van der Waals surface area (Å²) in [5.41, 5.74) is 3.46. The minimum absolute atomic E-state index is 0.108. The average molecular weight is 365 g/mol. The van der Waals surface area contributed by atoms with Gasteiger partial charge in [-0.15, -0.1) is 0 Å². The van der Waals surface area contributed by atoms with E-state index >= 15 is 0 Å². The molecule has 0 saturated heterocycles. The number of aromatic nitrogens is 2. The van der Waals surface area contributed by atoms with Crippen molar-refractivity contribution in [1.29, 1.82) is 0 Å². The van der Waals surface area contributed by atoms with Gasteiger partial charge in [0, 0.05) is 18.2 Å². The molecule has 132 valence electrons. The third-order valence-corrected chi connectivity index (χ3v) is 4.61. The van der Waals surface area contributed by atoms with Gasteiger partial charge in [0.05, 0.1) is 11.4 Å². The van der Waals surface area contributed by atoms with Crippen LogP contribution in [0.1, 0.15) is 11.1 Å². The topological polar surface area (TPSA) is 74.8 Å². The van der Waals surface area contributed by atoms with Gasteiger partial charge >= 0.3 is 0 Å². The molecule has 6 heteroatoms. The van der Waals surface area contributed by atoms with Gasteiger partial charge in [0.15, 0.2) is 5.16 Å². The largest absolute Gasteiger partial charge is 0.351 e. The second kappa shape index (κ2) is 8.49. The number of H-pyrrole nitrogens is 1. The lowest BCUT2D eigenvalue weighted by molar-refractivity contribution is -0.118. The van der Waals surface area contributed by atoms with Crippen LogP contribution in [0.25, 0.3) is 11.3 Å². The van der Waals surface area contributed by atoms with E-state index in [1.165, 1.54) is 23.4 Å². The molecular formula is C20H19N3O2S. The Morgan fingerprint density at radius 1 is 1.12 bits per heavy atom. The number of nitrogens with zero attached hydrogens (tertiary/aromatic N) is 1. The lowest BCUT2D eigenvalue weighted by Gasteiger charge is -2.06. The maximum Gasteiger partial charge on any atom is 0.252 e. The van der Waals surface area contributed by atoms with Gasteiger partial charge in [0.25, 0.3) is 5.56 Å². The molecular weight excluding hydrogens is 346 g/mol. The van der Waals surface area contributed by atoms with Gasteiger partial charge in [-0.3, -0.25) is 9.59 Å². The summed E-state index contributed by atoms with van der Waals surface area (Å²) in [6.45, 7) is 2.50. The molecule has 0 radical (unpaired) electrons. The first-order chi connectivity index (χ1) is 12.6. The van der Waals surface area contributed by atoms with Crippen molar-refractivity contribution in [3.63, 3.8) is 0 Å². The molecule has 0 aliphatic heterocycles. The number of carbonyl (C=O) groups is 1. The monoisotopic (exact) mass is 365 g/mol. The first-order valence-corrected chi connectivity index (χ1v) is 9.20. The predicted molar refractivity (Wildman–Crippen MR) is 104 cm³/mol. The summed E-state index contributed by atoms with van der Waals surface area (Å²) in [5, 5.41) is 3.30. The summed E-state index contributed by atoms with van der Waals surface area (Å²) in [6.07, 6.45) is 0. The van der Waals surface area contributed by atoms with E-state index in [9.17, 15) is 9.59 Å². The van der Waals surface area contributed by atoms with E-state index in [2.05, 4.69) is 15.3 Å². The number of carbonyl (C=O) groups excluding carboxylic acids is 1. The molecule has 0 unspecified atom stereocenters. The Morgan fingerprint density at radius 3 is 2.58 bits per heavy atom. The maximum atomic E-state index is 12.0. The molecule has 2 aromatic carbocycles. The van der Waals surface area contributed by atoms with E-state index in [1.54, 1.807) is 0 Å². The summed E-state index contributed by atoms with van der Waals surface area (Å²) >= 11 is 1.21. The maximum absolute atomic E-state index is 12.0. The highest BCUT2D eigenvalue weighted by Crippen LogP contribution is 2.18. The second-order valence-corrected chi connectivity index (χ2v) is 6.82. The molecule has 26 heavy (non-hydrogen) atoms. The molecule has 0 aliphatic rings. The van der Waals surface area contributed by atoms with Crippen LogP contribution in [0.4, 0.5) is 0 Å². The Bertz CT molecular complexity index is 937. The van der Waals surface area contributed by atoms with E-state index in [4.69, 9.17) is 0 Å². The van der Waals surface area contributed by atoms with Gasteiger partial charge < -0.3 is 10.3 Å². The SMILES string of the molecule is Cc1ccc(CNC(=O)CSc2nc(-c3ccccc3)cc(=O)[nH]2)cc1. The highest BCUT2D eigenvalue weighted by Gasteiger charge is 2.07. The third-order valence-electron chi connectivity index (χ3n) is 3.74. The van der Waals surface area contributed by atoms with Gasteiger partial charge in [0.1, 0.15) is 0 Å².